The quantitative estimate of drug-likeness (QED) is 0.202. The lowest BCUT2D eigenvalue weighted by atomic mass is 9.94. The van der Waals surface area contributed by atoms with Crippen molar-refractivity contribution in [1.82, 2.24) is 15.6 Å². The van der Waals surface area contributed by atoms with E-state index in [1.165, 1.54) is 25.0 Å². The molecule has 2 aliphatic rings. The Morgan fingerprint density at radius 1 is 1.13 bits per heavy atom. The third-order valence-electron chi connectivity index (χ3n) is 6.90. The van der Waals surface area contributed by atoms with Crippen LogP contribution < -0.4 is 16.0 Å². The topological polar surface area (TPSA) is 86.0 Å². The number of anilines is 1. The predicted octanol–water partition coefficient (Wildman–Crippen LogP) is 5.83. The van der Waals surface area contributed by atoms with Crippen LogP contribution in [0.25, 0.3) is 22.8 Å². The Morgan fingerprint density at radius 2 is 1.92 bits per heavy atom. The smallest absolute Gasteiger partial charge is 0.256 e. The first kappa shape index (κ1) is 27.3. The monoisotopic (exact) mass is 516 g/mol. The Hall–Kier alpha value is -3.71. The molecule has 0 bridgehead atoms. The number of hydrogen-bond donors (Lipinski definition) is 4. The Morgan fingerprint density at radius 3 is 2.58 bits per heavy atom. The van der Waals surface area contributed by atoms with Gasteiger partial charge in [0.15, 0.2) is 0 Å². The van der Waals surface area contributed by atoms with Gasteiger partial charge in [-0.2, -0.15) is 0 Å². The van der Waals surface area contributed by atoms with Crippen LogP contribution in [0, 0.1) is 25.6 Å². The number of carbonyl (C=O) groups is 2. The largest absolute Gasteiger partial charge is 0.359 e. The molecule has 200 valence electrons. The van der Waals surface area contributed by atoms with Gasteiger partial charge in [0.25, 0.3) is 5.91 Å². The van der Waals surface area contributed by atoms with Crippen LogP contribution in [0.3, 0.4) is 0 Å². The number of hydrogen-bond acceptors (Lipinski definition) is 3. The van der Waals surface area contributed by atoms with Gasteiger partial charge in [0.2, 0.25) is 6.41 Å². The second kappa shape index (κ2) is 12.7. The molecular formula is C31H37FN4O2. The fraction of sp³-hybridized carbons (Fsp3) is 0.355. The lowest BCUT2D eigenvalue weighted by Gasteiger charge is -2.15. The summed E-state index contributed by atoms with van der Waals surface area (Å²) in [6.45, 7) is 8.17. The number of fused-ring (bicyclic) bond motifs is 1. The van der Waals surface area contributed by atoms with E-state index in [2.05, 4.69) is 27.9 Å². The number of rotatable bonds is 10. The summed E-state index contributed by atoms with van der Waals surface area (Å²) in [5.74, 6) is 0.470. The number of halogens is 1. The van der Waals surface area contributed by atoms with Crippen LogP contribution in [-0.4, -0.2) is 36.4 Å². The van der Waals surface area contributed by atoms with E-state index in [9.17, 15) is 14.0 Å². The van der Waals surface area contributed by atoms with E-state index in [1.807, 2.05) is 50.3 Å². The highest BCUT2D eigenvalue weighted by Crippen LogP contribution is 2.40. The van der Waals surface area contributed by atoms with Crippen LogP contribution in [0.4, 0.5) is 10.1 Å². The molecule has 5 rings (SSSR count). The molecule has 3 aromatic rings. The zero-order chi connectivity index (χ0) is 27.1. The number of nitrogens with one attached hydrogen (secondary N) is 4. The third-order valence-corrected chi connectivity index (χ3v) is 6.90. The number of aromatic amines is 1. The Labute approximate surface area is 224 Å². The van der Waals surface area contributed by atoms with Crippen molar-refractivity contribution in [3.8, 4) is 11.1 Å². The molecule has 0 saturated heterocycles. The molecule has 0 radical (unpaired) electrons. The van der Waals surface area contributed by atoms with Crippen molar-refractivity contribution in [3.05, 3.63) is 76.9 Å². The number of carbonyl (C=O) groups excluding carboxylic acids is 2. The minimum atomic E-state index is -0.297. The standard InChI is InChI=1S/C21H17FN2O.C10H20N2O/c1-12-9-13(2)23-19(12)11-17-20-16(14-5-3-6-15(22)10-14)7-4-8-18(20)24-21(17)25;1-2-3-10(12-8-13)7-11-6-9-4-5-9/h3-11,23H,1-2H3,(H,24,25);8-11H,2-7H2,1H3,(H,12,13)/b17-11-;. The average Bonchev–Trinajstić information content (AvgIpc) is 3.58. The lowest BCUT2D eigenvalue weighted by molar-refractivity contribution is -0.111. The van der Waals surface area contributed by atoms with Gasteiger partial charge in [-0.15, -0.1) is 0 Å². The van der Waals surface area contributed by atoms with Gasteiger partial charge in [0.05, 0.1) is 5.57 Å². The van der Waals surface area contributed by atoms with Crippen molar-refractivity contribution in [2.24, 2.45) is 5.92 Å². The van der Waals surface area contributed by atoms with Gasteiger partial charge in [-0.05, 0) is 92.6 Å². The van der Waals surface area contributed by atoms with E-state index >= 15 is 0 Å². The summed E-state index contributed by atoms with van der Waals surface area (Å²) in [7, 11) is 0. The molecule has 2 aromatic carbocycles. The number of amides is 2. The summed E-state index contributed by atoms with van der Waals surface area (Å²) in [6.07, 6.45) is 7.62. The summed E-state index contributed by atoms with van der Waals surface area (Å²) in [6, 6.07) is 14.4. The zero-order valence-corrected chi connectivity index (χ0v) is 22.4. The van der Waals surface area contributed by atoms with E-state index < -0.39 is 0 Å². The van der Waals surface area contributed by atoms with E-state index in [0.717, 1.165) is 77.6 Å². The summed E-state index contributed by atoms with van der Waals surface area (Å²) >= 11 is 0. The Kier molecular flexibility index (Phi) is 9.13. The summed E-state index contributed by atoms with van der Waals surface area (Å²) in [4.78, 5) is 26.1. The van der Waals surface area contributed by atoms with Crippen LogP contribution in [0.5, 0.6) is 0 Å². The number of H-pyrrole nitrogens is 1. The van der Waals surface area contributed by atoms with Gasteiger partial charge in [0, 0.05) is 35.2 Å². The molecule has 2 heterocycles. The molecule has 38 heavy (non-hydrogen) atoms. The van der Waals surface area contributed by atoms with E-state index in [4.69, 9.17) is 0 Å². The Balaban J connectivity index is 0.000000219. The van der Waals surface area contributed by atoms with Crippen LogP contribution in [0.1, 0.15) is 55.1 Å². The molecule has 1 atom stereocenters. The van der Waals surface area contributed by atoms with E-state index in [-0.39, 0.29) is 11.7 Å². The number of benzene rings is 2. The zero-order valence-electron chi connectivity index (χ0n) is 22.4. The molecular weight excluding hydrogens is 479 g/mol. The number of aromatic nitrogens is 1. The molecule has 1 aromatic heterocycles. The van der Waals surface area contributed by atoms with E-state index in [0.29, 0.717) is 11.6 Å². The molecule has 6 nitrogen and oxygen atoms in total. The average molecular weight is 517 g/mol. The van der Waals surface area contributed by atoms with Crippen molar-refractivity contribution in [2.45, 2.75) is 52.5 Å². The van der Waals surface area contributed by atoms with Crippen LogP contribution in [0.15, 0.2) is 48.5 Å². The maximum Gasteiger partial charge on any atom is 0.256 e. The van der Waals surface area contributed by atoms with Crippen LogP contribution in [0.2, 0.25) is 0 Å². The molecule has 1 fully saturated rings. The normalized spacial score (nSPS) is 15.9. The van der Waals surface area contributed by atoms with Gasteiger partial charge in [-0.3, -0.25) is 9.59 Å². The maximum absolute atomic E-state index is 13.7. The first-order chi connectivity index (χ1) is 18.4. The fourth-order valence-electron chi connectivity index (χ4n) is 4.80. The lowest BCUT2D eigenvalue weighted by Crippen LogP contribution is -2.38. The van der Waals surface area contributed by atoms with Crippen LogP contribution >= 0.6 is 0 Å². The Bertz CT molecular complexity index is 1310. The SMILES string of the molecule is CCCC(CNCC1CC1)NC=O.Cc1cc(C)c(/C=C2\C(=O)Nc3cccc(-c4cccc(F)c4)c32)[nH]1. The molecule has 1 unspecified atom stereocenters. The van der Waals surface area contributed by atoms with Gasteiger partial charge in [0.1, 0.15) is 5.82 Å². The molecule has 1 aliphatic heterocycles. The summed E-state index contributed by atoms with van der Waals surface area (Å²) in [5, 5.41) is 9.13. The van der Waals surface area contributed by atoms with Gasteiger partial charge >= 0.3 is 0 Å². The predicted molar refractivity (Wildman–Crippen MR) is 152 cm³/mol. The highest BCUT2D eigenvalue weighted by Gasteiger charge is 2.27. The molecule has 7 heteroatoms. The van der Waals surface area contributed by atoms with Crippen LogP contribution in [-0.2, 0) is 9.59 Å². The minimum Gasteiger partial charge on any atom is -0.359 e. The third kappa shape index (κ3) is 6.98. The molecule has 0 spiro atoms. The van der Waals surface area contributed by atoms with Crippen molar-refractivity contribution < 1.29 is 14.0 Å². The van der Waals surface area contributed by atoms with Gasteiger partial charge in [-0.25, -0.2) is 4.39 Å². The minimum absolute atomic E-state index is 0.148. The summed E-state index contributed by atoms with van der Waals surface area (Å²) in [5.41, 5.74) is 6.75. The van der Waals surface area contributed by atoms with Crippen molar-refractivity contribution >= 4 is 29.7 Å². The first-order valence-corrected chi connectivity index (χ1v) is 13.4. The highest BCUT2D eigenvalue weighted by atomic mass is 19.1. The van der Waals surface area contributed by atoms with Gasteiger partial charge in [-0.1, -0.05) is 37.6 Å². The highest BCUT2D eigenvalue weighted by molar-refractivity contribution is 6.36. The van der Waals surface area contributed by atoms with Gasteiger partial charge < -0.3 is 20.9 Å². The molecule has 1 aliphatic carbocycles. The van der Waals surface area contributed by atoms with Crippen molar-refractivity contribution in [2.75, 3.05) is 18.4 Å². The second-order valence-electron chi connectivity index (χ2n) is 10.2. The van der Waals surface area contributed by atoms with E-state index in [1.54, 1.807) is 6.07 Å². The van der Waals surface area contributed by atoms with Crippen molar-refractivity contribution in [1.29, 1.82) is 0 Å². The maximum atomic E-state index is 13.7. The second-order valence-corrected chi connectivity index (χ2v) is 10.2. The first-order valence-electron chi connectivity index (χ1n) is 13.4. The number of aryl methyl sites for hydroxylation is 2. The fourth-order valence-corrected chi connectivity index (χ4v) is 4.80. The molecule has 2 amide bonds. The van der Waals surface area contributed by atoms with Crippen molar-refractivity contribution in [3.63, 3.8) is 0 Å². The molecule has 1 saturated carbocycles. The summed E-state index contributed by atoms with van der Waals surface area (Å²) < 4.78 is 13.7. The molecule has 4 N–H and O–H groups in total.